The van der Waals surface area contributed by atoms with E-state index in [1.807, 2.05) is 30.0 Å². The lowest BCUT2D eigenvalue weighted by molar-refractivity contribution is 0.806. The van der Waals surface area contributed by atoms with E-state index < -0.39 is 11.2 Å². The molecule has 3 N–H and O–H groups in total. The Balaban J connectivity index is 1.58. The zero-order chi connectivity index (χ0) is 18.3. The minimum atomic E-state index is -0.492. The first-order chi connectivity index (χ1) is 12.5. The molecule has 3 heterocycles. The lowest BCUT2D eigenvalue weighted by Crippen LogP contribution is -2.31. The molecule has 3 aromatic rings. The molecule has 1 atom stereocenters. The van der Waals surface area contributed by atoms with Crippen LogP contribution in [-0.4, -0.2) is 34.1 Å². The normalized spacial score (nSPS) is 17.0. The van der Waals surface area contributed by atoms with Gasteiger partial charge < -0.3 is 10.2 Å². The number of rotatable bonds is 3. The molecule has 0 saturated carbocycles. The molecule has 1 aliphatic rings. The van der Waals surface area contributed by atoms with E-state index in [1.165, 1.54) is 6.07 Å². The van der Waals surface area contributed by atoms with Crippen molar-refractivity contribution in [1.82, 2.24) is 15.0 Å². The van der Waals surface area contributed by atoms with Gasteiger partial charge in [0.2, 0.25) is 0 Å². The molecule has 1 aromatic carbocycles. The van der Waals surface area contributed by atoms with Gasteiger partial charge in [0.15, 0.2) is 0 Å². The number of aryl methyl sites for hydroxylation is 1. The first-order valence-corrected chi connectivity index (χ1v) is 8.78. The maximum Gasteiger partial charge on any atom is 0.327 e. The number of H-pyrrole nitrogens is 2. The van der Waals surface area contributed by atoms with Gasteiger partial charge in [-0.1, -0.05) is 23.7 Å². The summed E-state index contributed by atoms with van der Waals surface area (Å²) in [5.41, 5.74) is 1.86. The predicted octanol–water partition coefficient (Wildman–Crippen LogP) is 2.26. The molecule has 0 unspecified atom stereocenters. The molecule has 7 nitrogen and oxygen atoms in total. The van der Waals surface area contributed by atoms with Gasteiger partial charge in [-0.15, -0.1) is 0 Å². The lowest BCUT2D eigenvalue weighted by Gasteiger charge is -2.19. The first-order valence-electron chi connectivity index (χ1n) is 8.40. The summed E-state index contributed by atoms with van der Waals surface area (Å²) < 4.78 is 0. The van der Waals surface area contributed by atoms with E-state index in [-0.39, 0.29) is 6.04 Å². The Morgan fingerprint density at radius 2 is 2.12 bits per heavy atom. The predicted molar refractivity (Wildman–Crippen MR) is 103 cm³/mol. The van der Waals surface area contributed by atoms with E-state index in [0.717, 1.165) is 35.1 Å². The van der Waals surface area contributed by atoms with Crippen molar-refractivity contribution in [2.45, 2.75) is 19.4 Å². The van der Waals surface area contributed by atoms with Gasteiger partial charge in [-0.05, 0) is 25.0 Å². The average Bonchev–Trinajstić information content (AvgIpc) is 3.06. The molecule has 1 saturated heterocycles. The summed E-state index contributed by atoms with van der Waals surface area (Å²) >= 11 is 6.38. The molecule has 1 aliphatic heterocycles. The smallest absolute Gasteiger partial charge is 0.327 e. The fourth-order valence-corrected chi connectivity index (χ4v) is 3.57. The van der Waals surface area contributed by atoms with Gasteiger partial charge in [0.25, 0.3) is 5.56 Å². The maximum absolute atomic E-state index is 11.5. The van der Waals surface area contributed by atoms with Gasteiger partial charge in [-0.2, -0.15) is 0 Å². The van der Waals surface area contributed by atoms with E-state index in [0.29, 0.717) is 17.4 Å². The Kier molecular flexibility index (Phi) is 4.16. The van der Waals surface area contributed by atoms with Gasteiger partial charge >= 0.3 is 5.69 Å². The van der Waals surface area contributed by atoms with Gasteiger partial charge in [-0.25, -0.2) is 4.79 Å². The third-order valence-corrected chi connectivity index (χ3v) is 5.16. The van der Waals surface area contributed by atoms with Gasteiger partial charge in [0.1, 0.15) is 5.82 Å². The standard InChI is InChI=1S/C18H18ClN5O2/c1-10-2-3-12-13(4-6-20-17(12)16(10)19)21-11-5-7-24(9-11)14-8-15(25)23-18(26)22-14/h2-4,6,8,11H,5,7,9H2,1H3,(H,20,21)(H2,22,23,25,26)/t11-/m1/s1. The van der Waals surface area contributed by atoms with Crippen LogP contribution < -0.4 is 21.5 Å². The summed E-state index contributed by atoms with van der Waals surface area (Å²) in [6.45, 7) is 3.39. The number of nitrogens with zero attached hydrogens (tertiary/aromatic N) is 2. The van der Waals surface area contributed by atoms with Crippen molar-refractivity contribution >= 4 is 34.0 Å². The zero-order valence-electron chi connectivity index (χ0n) is 14.2. The highest BCUT2D eigenvalue weighted by Gasteiger charge is 2.24. The van der Waals surface area contributed by atoms with Crippen LogP contribution in [0.5, 0.6) is 0 Å². The van der Waals surface area contributed by atoms with E-state index in [1.54, 1.807) is 6.20 Å². The number of aromatic amines is 2. The van der Waals surface area contributed by atoms with Crippen molar-refractivity contribution in [1.29, 1.82) is 0 Å². The van der Waals surface area contributed by atoms with Crippen LogP contribution in [0.1, 0.15) is 12.0 Å². The van der Waals surface area contributed by atoms with Crippen molar-refractivity contribution < 1.29 is 0 Å². The molecular formula is C18H18ClN5O2. The number of pyridine rings is 1. The summed E-state index contributed by atoms with van der Waals surface area (Å²) in [6.07, 6.45) is 2.63. The third kappa shape index (κ3) is 3.06. The summed E-state index contributed by atoms with van der Waals surface area (Å²) in [6, 6.07) is 7.54. The van der Waals surface area contributed by atoms with Crippen LogP contribution in [0.15, 0.2) is 40.1 Å². The van der Waals surface area contributed by atoms with Crippen LogP contribution in [-0.2, 0) is 0 Å². The first kappa shape index (κ1) is 16.7. The second-order valence-electron chi connectivity index (χ2n) is 6.50. The second kappa shape index (κ2) is 6.49. The summed E-state index contributed by atoms with van der Waals surface area (Å²) in [7, 11) is 0. The van der Waals surface area contributed by atoms with Crippen LogP contribution >= 0.6 is 11.6 Å². The largest absolute Gasteiger partial charge is 0.380 e. The van der Waals surface area contributed by atoms with Crippen molar-refractivity contribution in [3.05, 3.63) is 61.9 Å². The van der Waals surface area contributed by atoms with Crippen molar-refractivity contribution in [3.63, 3.8) is 0 Å². The summed E-state index contributed by atoms with van der Waals surface area (Å²) in [5, 5.41) is 5.19. The van der Waals surface area contributed by atoms with Gasteiger partial charge in [0, 0.05) is 42.5 Å². The third-order valence-electron chi connectivity index (χ3n) is 4.68. The molecule has 8 heteroatoms. The molecule has 134 valence electrons. The molecule has 0 aliphatic carbocycles. The van der Waals surface area contributed by atoms with Crippen molar-refractivity contribution in [3.8, 4) is 0 Å². The fraction of sp³-hybridized carbons (Fsp3) is 0.278. The van der Waals surface area contributed by atoms with Gasteiger partial charge in [0.05, 0.1) is 10.5 Å². The highest BCUT2D eigenvalue weighted by Crippen LogP contribution is 2.31. The maximum atomic E-state index is 11.5. The van der Waals surface area contributed by atoms with E-state index in [9.17, 15) is 9.59 Å². The van der Waals surface area contributed by atoms with E-state index in [4.69, 9.17) is 11.6 Å². The van der Waals surface area contributed by atoms with E-state index in [2.05, 4.69) is 20.3 Å². The minimum Gasteiger partial charge on any atom is -0.380 e. The molecule has 2 aromatic heterocycles. The number of hydrogen-bond acceptors (Lipinski definition) is 5. The fourth-order valence-electron chi connectivity index (χ4n) is 3.35. The lowest BCUT2D eigenvalue weighted by atomic mass is 10.1. The monoisotopic (exact) mass is 371 g/mol. The Hall–Kier alpha value is -2.80. The number of halogens is 1. The quantitative estimate of drug-likeness (QED) is 0.656. The minimum absolute atomic E-state index is 0.184. The van der Waals surface area contributed by atoms with E-state index >= 15 is 0 Å². The number of hydrogen-bond donors (Lipinski definition) is 3. The molecule has 0 amide bonds. The van der Waals surface area contributed by atoms with Crippen molar-refractivity contribution in [2.75, 3.05) is 23.3 Å². The molecule has 26 heavy (non-hydrogen) atoms. The number of nitrogens with one attached hydrogen (secondary N) is 3. The van der Waals surface area contributed by atoms with Gasteiger partial charge in [-0.3, -0.25) is 19.7 Å². The van der Waals surface area contributed by atoms with Crippen LogP contribution in [0.2, 0.25) is 5.02 Å². The second-order valence-corrected chi connectivity index (χ2v) is 6.88. The molecule has 0 bridgehead atoms. The molecule has 4 rings (SSSR count). The van der Waals surface area contributed by atoms with Crippen LogP contribution in [0.4, 0.5) is 11.5 Å². The highest BCUT2D eigenvalue weighted by atomic mass is 35.5. The van der Waals surface area contributed by atoms with Crippen LogP contribution in [0, 0.1) is 6.92 Å². The Morgan fingerprint density at radius 3 is 2.92 bits per heavy atom. The Morgan fingerprint density at radius 1 is 1.27 bits per heavy atom. The molecule has 1 fully saturated rings. The Labute approximate surface area is 154 Å². The summed E-state index contributed by atoms with van der Waals surface area (Å²) in [5.74, 6) is 0.543. The highest BCUT2D eigenvalue weighted by molar-refractivity contribution is 6.36. The topological polar surface area (TPSA) is 93.9 Å². The summed E-state index contributed by atoms with van der Waals surface area (Å²) in [4.78, 5) is 34.2. The Bertz CT molecular complexity index is 1060. The number of fused-ring (bicyclic) bond motifs is 1. The molecule has 0 radical (unpaired) electrons. The van der Waals surface area contributed by atoms with Crippen LogP contribution in [0.25, 0.3) is 10.9 Å². The number of aromatic nitrogens is 3. The van der Waals surface area contributed by atoms with Crippen LogP contribution in [0.3, 0.4) is 0 Å². The number of anilines is 2. The molecular weight excluding hydrogens is 354 g/mol. The SMILES string of the molecule is Cc1ccc2c(N[C@@H]3CCN(c4cc(=O)[nH]c(=O)[nH]4)C3)ccnc2c1Cl. The number of benzene rings is 1. The average molecular weight is 372 g/mol. The zero-order valence-corrected chi connectivity index (χ0v) is 14.9. The van der Waals surface area contributed by atoms with Crippen molar-refractivity contribution in [2.24, 2.45) is 0 Å². The molecule has 0 spiro atoms.